The van der Waals surface area contributed by atoms with Crippen molar-refractivity contribution >= 4 is 28.3 Å². The molecule has 0 atom stereocenters. The number of nitrogens with one attached hydrogen (secondary N) is 1. The molecule has 0 aliphatic carbocycles. The van der Waals surface area contributed by atoms with Crippen molar-refractivity contribution in [1.29, 1.82) is 0 Å². The van der Waals surface area contributed by atoms with Crippen molar-refractivity contribution < 1.29 is 9.59 Å². The molecule has 0 radical (unpaired) electrons. The molecule has 25 heavy (non-hydrogen) atoms. The summed E-state index contributed by atoms with van der Waals surface area (Å²) in [6.07, 6.45) is 1.79. The molecule has 0 saturated carbocycles. The van der Waals surface area contributed by atoms with Gasteiger partial charge in [-0.2, -0.15) is 0 Å². The molecule has 1 N–H and O–H groups in total. The number of hydrogen-bond donors (Lipinski definition) is 1. The van der Waals surface area contributed by atoms with Crippen LogP contribution in [-0.2, 0) is 11.3 Å². The minimum atomic E-state index is -0.117. The van der Waals surface area contributed by atoms with E-state index in [2.05, 4.69) is 5.32 Å². The molecule has 1 aromatic heterocycles. The molecule has 0 aliphatic rings. The first-order valence-electron chi connectivity index (χ1n) is 8.44. The predicted octanol–water partition coefficient (Wildman–Crippen LogP) is 4.43. The Hall–Kier alpha value is -2.88. The predicted molar refractivity (Wildman–Crippen MR) is 101 cm³/mol. The minimum Gasteiger partial charge on any atom is -0.337 e. The highest BCUT2D eigenvalue weighted by atomic mass is 16.2. The van der Waals surface area contributed by atoms with E-state index in [0.717, 1.165) is 22.2 Å². The van der Waals surface area contributed by atoms with E-state index >= 15 is 0 Å². The lowest BCUT2D eigenvalue weighted by Crippen LogP contribution is -2.18. The summed E-state index contributed by atoms with van der Waals surface area (Å²) < 4.78 is 1.84. The lowest BCUT2D eigenvalue weighted by Gasteiger charge is -2.07. The Morgan fingerprint density at radius 2 is 1.72 bits per heavy atom. The summed E-state index contributed by atoms with van der Waals surface area (Å²) in [4.78, 5) is 24.9. The van der Waals surface area contributed by atoms with Crippen LogP contribution in [0.1, 0.15) is 29.8 Å². The normalized spacial score (nSPS) is 11.0. The monoisotopic (exact) mass is 334 g/mol. The number of Topliss-reactive ketones (excluding diaryl/α,β-unsaturated/α-hetero) is 1. The van der Waals surface area contributed by atoms with Crippen LogP contribution in [0.2, 0.25) is 0 Å². The van der Waals surface area contributed by atoms with Crippen LogP contribution >= 0.6 is 0 Å². The number of anilines is 1. The highest BCUT2D eigenvalue weighted by Gasteiger charge is 2.18. The Labute approximate surface area is 147 Å². The second-order valence-electron chi connectivity index (χ2n) is 6.62. The van der Waals surface area contributed by atoms with E-state index in [1.165, 1.54) is 0 Å². The molecule has 0 fully saturated rings. The van der Waals surface area contributed by atoms with Crippen LogP contribution in [0.3, 0.4) is 0 Å². The van der Waals surface area contributed by atoms with E-state index in [-0.39, 0.29) is 24.2 Å². The third-order valence-corrected chi connectivity index (χ3v) is 4.23. The van der Waals surface area contributed by atoms with Crippen LogP contribution in [-0.4, -0.2) is 16.3 Å². The highest BCUT2D eigenvalue weighted by molar-refractivity contribution is 6.09. The SMILES string of the molecule is Cc1ccc(NC(=O)Cn2cc(C(=O)C(C)C)c3ccccc32)cc1. The minimum absolute atomic E-state index is 0.0827. The van der Waals surface area contributed by atoms with Gasteiger partial charge in [0.25, 0.3) is 0 Å². The highest BCUT2D eigenvalue weighted by Crippen LogP contribution is 2.24. The number of amides is 1. The van der Waals surface area contributed by atoms with Gasteiger partial charge in [0.15, 0.2) is 5.78 Å². The maximum atomic E-state index is 12.5. The summed E-state index contributed by atoms with van der Waals surface area (Å²) in [5, 5.41) is 3.79. The van der Waals surface area contributed by atoms with Gasteiger partial charge in [0.05, 0.1) is 0 Å². The van der Waals surface area contributed by atoms with E-state index in [4.69, 9.17) is 0 Å². The number of carbonyl (C=O) groups excluding carboxylic acids is 2. The summed E-state index contributed by atoms with van der Waals surface area (Å²) in [5.74, 6) is -0.109. The van der Waals surface area contributed by atoms with Crippen molar-refractivity contribution in [2.75, 3.05) is 5.32 Å². The van der Waals surface area contributed by atoms with Crippen molar-refractivity contribution in [2.24, 2.45) is 5.92 Å². The Balaban J connectivity index is 1.87. The summed E-state index contributed by atoms with van der Waals surface area (Å²) in [5.41, 5.74) is 3.48. The smallest absolute Gasteiger partial charge is 0.244 e. The first-order valence-corrected chi connectivity index (χ1v) is 8.44. The number of fused-ring (bicyclic) bond motifs is 1. The standard InChI is InChI=1S/C21H22N2O2/c1-14(2)21(25)18-12-23(19-7-5-4-6-17(18)19)13-20(24)22-16-10-8-15(3)9-11-16/h4-12,14H,13H2,1-3H3,(H,22,24). The van der Waals surface area contributed by atoms with Gasteiger partial charge < -0.3 is 9.88 Å². The maximum absolute atomic E-state index is 12.5. The van der Waals surface area contributed by atoms with Crippen molar-refractivity contribution in [3.63, 3.8) is 0 Å². The summed E-state index contributed by atoms with van der Waals surface area (Å²) >= 11 is 0. The van der Waals surface area contributed by atoms with Crippen molar-refractivity contribution in [1.82, 2.24) is 4.57 Å². The number of ketones is 1. The van der Waals surface area contributed by atoms with Crippen LogP contribution in [0.15, 0.2) is 54.7 Å². The second kappa shape index (κ2) is 6.93. The number of nitrogens with zero attached hydrogens (tertiary/aromatic N) is 1. The van der Waals surface area contributed by atoms with Gasteiger partial charge in [-0.25, -0.2) is 0 Å². The van der Waals surface area contributed by atoms with Crippen LogP contribution < -0.4 is 5.32 Å². The van der Waals surface area contributed by atoms with Crippen molar-refractivity contribution in [3.05, 3.63) is 65.9 Å². The van der Waals surface area contributed by atoms with Gasteiger partial charge in [-0.3, -0.25) is 9.59 Å². The zero-order chi connectivity index (χ0) is 18.0. The van der Waals surface area contributed by atoms with E-state index in [1.54, 1.807) is 6.20 Å². The summed E-state index contributed by atoms with van der Waals surface area (Å²) in [6.45, 7) is 5.95. The van der Waals surface area contributed by atoms with Gasteiger partial charge in [0.2, 0.25) is 5.91 Å². The van der Waals surface area contributed by atoms with E-state index < -0.39 is 0 Å². The van der Waals surface area contributed by atoms with Gasteiger partial charge in [-0.15, -0.1) is 0 Å². The molecule has 0 bridgehead atoms. The fourth-order valence-electron chi connectivity index (χ4n) is 2.88. The number of aromatic nitrogens is 1. The number of carbonyl (C=O) groups is 2. The van der Waals surface area contributed by atoms with Gasteiger partial charge in [0.1, 0.15) is 6.54 Å². The average Bonchev–Trinajstić information content (AvgIpc) is 2.95. The molecule has 0 unspecified atom stereocenters. The molecule has 0 saturated heterocycles. The summed E-state index contributed by atoms with van der Waals surface area (Å²) in [6, 6.07) is 15.4. The van der Waals surface area contributed by atoms with E-state index in [9.17, 15) is 9.59 Å². The molecule has 3 rings (SSSR count). The quantitative estimate of drug-likeness (QED) is 0.702. The molecule has 0 spiro atoms. The molecular formula is C21H22N2O2. The Bertz CT molecular complexity index is 921. The summed E-state index contributed by atoms with van der Waals surface area (Å²) in [7, 11) is 0. The maximum Gasteiger partial charge on any atom is 0.244 e. The zero-order valence-electron chi connectivity index (χ0n) is 14.7. The molecule has 2 aromatic carbocycles. The second-order valence-corrected chi connectivity index (χ2v) is 6.62. The number of hydrogen-bond acceptors (Lipinski definition) is 2. The lowest BCUT2D eigenvalue weighted by atomic mass is 10.0. The Morgan fingerprint density at radius 3 is 2.40 bits per heavy atom. The van der Waals surface area contributed by atoms with Crippen LogP contribution in [0.5, 0.6) is 0 Å². The molecule has 3 aromatic rings. The lowest BCUT2D eigenvalue weighted by molar-refractivity contribution is -0.116. The van der Waals surface area contributed by atoms with Crippen LogP contribution in [0.25, 0.3) is 10.9 Å². The van der Waals surface area contributed by atoms with Crippen molar-refractivity contribution in [3.8, 4) is 0 Å². The third kappa shape index (κ3) is 3.63. The van der Waals surface area contributed by atoms with E-state index in [0.29, 0.717) is 5.56 Å². The Morgan fingerprint density at radius 1 is 1.04 bits per heavy atom. The number of rotatable bonds is 5. The molecule has 1 heterocycles. The largest absolute Gasteiger partial charge is 0.337 e. The number of aryl methyl sites for hydroxylation is 1. The fourth-order valence-corrected chi connectivity index (χ4v) is 2.88. The number of benzene rings is 2. The molecule has 1 amide bonds. The first kappa shape index (κ1) is 17.0. The zero-order valence-corrected chi connectivity index (χ0v) is 14.7. The molecule has 4 heteroatoms. The molecule has 4 nitrogen and oxygen atoms in total. The number of para-hydroxylation sites is 1. The fraction of sp³-hybridized carbons (Fsp3) is 0.238. The first-order chi connectivity index (χ1) is 12.0. The van der Waals surface area contributed by atoms with Gasteiger partial charge in [-0.1, -0.05) is 49.7 Å². The van der Waals surface area contributed by atoms with Crippen LogP contribution in [0, 0.1) is 12.8 Å². The van der Waals surface area contributed by atoms with Gasteiger partial charge in [-0.05, 0) is 25.1 Å². The Kier molecular flexibility index (Phi) is 4.70. The molecule has 0 aliphatic heterocycles. The van der Waals surface area contributed by atoms with Crippen LogP contribution in [0.4, 0.5) is 5.69 Å². The van der Waals surface area contributed by atoms with E-state index in [1.807, 2.05) is 73.9 Å². The third-order valence-electron chi connectivity index (χ3n) is 4.23. The molecule has 128 valence electrons. The van der Waals surface area contributed by atoms with Gasteiger partial charge >= 0.3 is 0 Å². The van der Waals surface area contributed by atoms with Gasteiger partial charge in [0, 0.05) is 34.3 Å². The van der Waals surface area contributed by atoms with Crippen molar-refractivity contribution in [2.45, 2.75) is 27.3 Å². The molecular weight excluding hydrogens is 312 g/mol. The topological polar surface area (TPSA) is 51.1 Å². The average molecular weight is 334 g/mol.